The summed E-state index contributed by atoms with van der Waals surface area (Å²) in [5, 5.41) is 2.04. The van der Waals surface area contributed by atoms with Crippen LogP contribution in [0.4, 0.5) is 5.69 Å². The van der Waals surface area contributed by atoms with Crippen LogP contribution in [0.1, 0.15) is 11.1 Å². The molecule has 2 aromatic carbocycles. The number of aryl methyl sites for hydroxylation is 1. The molecule has 22 heavy (non-hydrogen) atoms. The van der Waals surface area contributed by atoms with Crippen molar-refractivity contribution in [1.82, 2.24) is 0 Å². The van der Waals surface area contributed by atoms with Crippen LogP contribution < -0.4 is 5.32 Å². The predicted octanol–water partition coefficient (Wildman–Crippen LogP) is 2.64. The van der Waals surface area contributed by atoms with E-state index in [1.165, 1.54) is 0 Å². The zero-order valence-corrected chi connectivity index (χ0v) is 13.4. The summed E-state index contributed by atoms with van der Waals surface area (Å²) >= 11 is 0. The number of quaternary nitrogens is 1. The number of hydrogen-bond donors (Lipinski definition) is 1. The van der Waals surface area contributed by atoms with Gasteiger partial charge in [-0.25, -0.2) is 8.42 Å². The monoisotopic (exact) mass is 316 g/mol. The summed E-state index contributed by atoms with van der Waals surface area (Å²) < 4.78 is 28.8. The molecule has 2 aromatic rings. The van der Waals surface area contributed by atoms with Crippen LogP contribution in [0.3, 0.4) is 0 Å². The second kappa shape index (κ2) is 7.24. The topological polar surface area (TPSA) is 64.8 Å². The minimum atomic E-state index is -3.69. The molecule has 0 aliphatic heterocycles. The van der Waals surface area contributed by atoms with Gasteiger partial charge in [-0.2, -0.15) is 0 Å². The highest BCUT2D eigenvalue weighted by Crippen LogP contribution is 2.30. The lowest BCUT2D eigenvalue weighted by atomic mass is 10.2. The molecule has 0 aromatic heterocycles. The Labute approximate surface area is 131 Å². The molecule has 0 fully saturated rings. The number of hydrogen-bond acceptors (Lipinski definition) is 2. The van der Waals surface area contributed by atoms with Crippen molar-refractivity contribution in [3.63, 3.8) is 0 Å². The third-order valence-electron chi connectivity index (χ3n) is 3.23. The summed E-state index contributed by atoms with van der Waals surface area (Å²) in [6.07, 6.45) is 1.81. The average molecular weight is 316 g/mol. The fourth-order valence-electron chi connectivity index (χ4n) is 2.02. The molecule has 0 saturated heterocycles. The van der Waals surface area contributed by atoms with Gasteiger partial charge in [-0.15, -0.1) is 5.69 Å². The van der Waals surface area contributed by atoms with Crippen LogP contribution in [0.15, 0.2) is 66.1 Å². The third kappa shape index (κ3) is 4.19. The molecule has 0 bridgehead atoms. The number of benzene rings is 2. The van der Waals surface area contributed by atoms with E-state index in [9.17, 15) is 8.42 Å². The molecule has 2 N–H and O–H groups in total. The van der Waals surface area contributed by atoms with Crippen molar-refractivity contribution in [2.45, 2.75) is 18.4 Å². The van der Waals surface area contributed by atoms with Crippen molar-refractivity contribution in [2.75, 3.05) is 6.54 Å². The van der Waals surface area contributed by atoms with Crippen LogP contribution in [-0.2, 0) is 16.6 Å². The van der Waals surface area contributed by atoms with Crippen LogP contribution in [0.5, 0.6) is 0 Å². The molecule has 0 aliphatic rings. The van der Waals surface area contributed by atoms with Crippen molar-refractivity contribution < 1.29 is 13.7 Å². The Morgan fingerprint density at radius 2 is 1.82 bits per heavy atom. The SMILES string of the molecule is C=CC[NH2+]Cc1ccccc1[N-]S(=O)(=O)c1ccc(C)cc1. The van der Waals surface area contributed by atoms with Gasteiger partial charge >= 0.3 is 0 Å². The Morgan fingerprint density at radius 3 is 2.50 bits per heavy atom. The zero-order valence-electron chi connectivity index (χ0n) is 12.6. The molecule has 0 unspecified atom stereocenters. The van der Waals surface area contributed by atoms with Gasteiger partial charge in [0.1, 0.15) is 16.6 Å². The lowest BCUT2D eigenvalue weighted by Crippen LogP contribution is -2.82. The van der Waals surface area contributed by atoms with E-state index in [1.807, 2.05) is 30.4 Å². The van der Waals surface area contributed by atoms with E-state index in [0.717, 1.165) is 17.7 Å². The third-order valence-corrected chi connectivity index (χ3v) is 4.53. The van der Waals surface area contributed by atoms with E-state index in [1.54, 1.807) is 36.4 Å². The fourth-order valence-corrected chi connectivity index (χ4v) is 3.04. The number of nitrogens with two attached hydrogens (primary N) is 1. The van der Waals surface area contributed by atoms with E-state index >= 15 is 0 Å². The highest BCUT2D eigenvalue weighted by atomic mass is 32.2. The van der Waals surface area contributed by atoms with E-state index in [2.05, 4.69) is 11.3 Å². The van der Waals surface area contributed by atoms with Crippen molar-refractivity contribution in [2.24, 2.45) is 0 Å². The first-order chi connectivity index (χ1) is 10.5. The van der Waals surface area contributed by atoms with Gasteiger partial charge < -0.3 is 10.0 Å². The van der Waals surface area contributed by atoms with Crippen molar-refractivity contribution in [3.05, 3.63) is 77.0 Å². The van der Waals surface area contributed by atoms with E-state index < -0.39 is 10.0 Å². The second-order valence-electron chi connectivity index (χ2n) is 5.03. The molecule has 0 amide bonds. The van der Waals surface area contributed by atoms with E-state index in [-0.39, 0.29) is 4.90 Å². The maximum absolute atomic E-state index is 12.4. The number of sulfonamides is 1. The van der Waals surface area contributed by atoms with Gasteiger partial charge in [0, 0.05) is 0 Å². The van der Waals surface area contributed by atoms with Crippen molar-refractivity contribution in [3.8, 4) is 0 Å². The smallest absolute Gasteiger partial charge is 0.123 e. The highest BCUT2D eigenvalue weighted by molar-refractivity contribution is 7.94. The fraction of sp³-hybridized carbons (Fsp3) is 0.176. The quantitative estimate of drug-likeness (QED) is 0.630. The molecule has 4 nitrogen and oxygen atoms in total. The first kappa shape index (κ1) is 16.3. The minimum Gasteiger partial charge on any atom is -0.572 e. The van der Waals surface area contributed by atoms with Gasteiger partial charge in [0.2, 0.25) is 0 Å². The summed E-state index contributed by atoms with van der Waals surface area (Å²) in [4.78, 5) is 0.211. The van der Waals surface area contributed by atoms with Crippen LogP contribution >= 0.6 is 0 Å². The Morgan fingerprint density at radius 1 is 1.14 bits per heavy atom. The van der Waals surface area contributed by atoms with Crippen LogP contribution in [-0.4, -0.2) is 15.0 Å². The first-order valence-corrected chi connectivity index (χ1v) is 8.52. The molecule has 2 rings (SSSR count). The molecule has 0 spiro atoms. The second-order valence-corrected chi connectivity index (χ2v) is 6.63. The number of rotatable bonds is 7. The van der Waals surface area contributed by atoms with Crippen LogP contribution in [0.2, 0.25) is 0 Å². The van der Waals surface area contributed by atoms with Crippen LogP contribution in [0.25, 0.3) is 4.72 Å². The normalized spacial score (nSPS) is 11.1. The molecule has 0 heterocycles. The summed E-state index contributed by atoms with van der Waals surface area (Å²) in [6.45, 7) is 7.02. The molecule has 0 radical (unpaired) electrons. The molecule has 0 aliphatic carbocycles. The largest absolute Gasteiger partial charge is 0.572 e. The molecule has 0 saturated carbocycles. The van der Waals surface area contributed by atoms with Crippen molar-refractivity contribution in [1.29, 1.82) is 0 Å². The molecular weight excluding hydrogens is 296 g/mol. The maximum Gasteiger partial charge on any atom is 0.123 e. The molecular formula is C17H20N2O2S. The zero-order chi connectivity index (χ0) is 16.0. The molecule has 5 heteroatoms. The first-order valence-electron chi connectivity index (χ1n) is 7.08. The van der Waals surface area contributed by atoms with Gasteiger partial charge in [-0.05, 0) is 30.7 Å². The molecule has 116 valence electrons. The number of nitrogens with zero attached hydrogens (tertiary/aromatic N) is 1. The predicted molar refractivity (Wildman–Crippen MR) is 88.5 cm³/mol. The van der Waals surface area contributed by atoms with E-state index in [0.29, 0.717) is 12.2 Å². The van der Waals surface area contributed by atoms with Crippen molar-refractivity contribution >= 4 is 15.7 Å². The lowest BCUT2D eigenvalue weighted by Gasteiger charge is -2.24. The Hall–Kier alpha value is -2.11. The van der Waals surface area contributed by atoms with Gasteiger partial charge in [0.05, 0.1) is 11.4 Å². The average Bonchev–Trinajstić information content (AvgIpc) is 2.49. The lowest BCUT2D eigenvalue weighted by molar-refractivity contribution is -0.661. The highest BCUT2D eigenvalue weighted by Gasteiger charge is 2.06. The van der Waals surface area contributed by atoms with E-state index in [4.69, 9.17) is 0 Å². The van der Waals surface area contributed by atoms with Gasteiger partial charge in [-0.3, -0.25) is 0 Å². The Kier molecular flexibility index (Phi) is 5.35. The van der Waals surface area contributed by atoms with Gasteiger partial charge in [0.25, 0.3) is 0 Å². The molecule has 0 atom stereocenters. The summed E-state index contributed by atoms with van der Waals surface area (Å²) in [5.74, 6) is 0. The summed E-state index contributed by atoms with van der Waals surface area (Å²) in [6, 6.07) is 14.0. The standard InChI is InChI=1S/C17H19N2O2S/c1-3-12-18-13-15-6-4-5-7-17(15)19-22(20,21)16-10-8-14(2)9-11-16/h3-11,18H,1,12-13H2,2H3/q-1/p+1. The Bertz CT molecular complexity index is 738. The summed E-state index contributed by atoms with van der Waals surface area (Å²) in [5.41, 5.74) is 2.39. The maximum atomic E-state index is 12.4. The Balaban J connectivity index is 2.22. The minimum absolute atomic E-state index is 0.211. The van der Waals surface area contributed by atoms with Crippen LogP contribution in [0, 0.1) is 6.92 Å². The van der Waals surface area contributed by atoms with Gasteiger partial charge in [0.15, 0.2) is 0 Å². The summed E-state index contributed by atoms with van der Waals surface area (Å²) in [7, 11) is -3.69. The van der Waals surface area contributed by atoms with Gasteiger partial charge in [-0.1, -0.05) is 48.5 Å².